The van der Waals surface area contributed by atoms with Crippen molar-refractivity contribution in [1.29, 1.82) is 0 Å². The Kier molecular flexibility index (Phi) is 5.43. The number of imidazole rings is 1. The number of H-pyrrole nitrogens is 2. The molecule has 4 N–H and O–H groups in total. The van der Waals surface area contributed by atoms with Crippen molar-refractivity contribution in [2.45, 2.75) is 13.3 Å². The summed E-state index contributed by atoms with van der Waals surface area (Å²) < 4.78 is 10.9. The summed E-state index contributed by atoms with van der Waals surface area (Å²) in [5, 5.41) is 7.79. The number of nitrogens with zero attached hydrogens (tertiary/aromatic N) is 3. The van der Waals surface area contributed by atoms with E-state index in [1.165, 1.54) is 5.56 Å². The third-order valence-electron chi connectivity index (χ3n) is 5.49. The maximum Gasteiger partial charge on any atom is 0.224 e. The summed E-state index contributed by atoms with van der Waals surface area (Å²) in [6, 6.07) is 11.7. The summed E-state index contributed by atoms with van der Waals surface area (Å²) in [4.78, 5) is 20.0. The summed E-state index contributed by atoms with van der Waals surface area (Å²) in [5.74, 6) is 3.61. The molecule has 3 aromatic heterocycles. The number of hydrogen-bond acceptors (Lipinski definition) is 7. The quantitative estimate of drug-likeness (QED) is 0.278. The normalized spacial score (nSPS) is 11.1. The molecule has 0 unspecified atom stereocenters. The van der Waals surface area contributed by atoms with Crippen LogP contribution in [-0.4, -0.2) is 45.7 Å². The summed E-state index contributed by atoms with van der Waals surface area (Å²) >= 11 is 0. The van der Waals surface area contributed by atoms with Gasteiger partial charge in [0.05, 0.1) is 30.9 Å². The van der Waals surface area contributed by atoms with E-state index >= 15 is 0 Å². The highest BCUT2D eigenvalue weighted by Gasteiger charge is 2.10. The zero-order chi connectivity index (χ0) is 22.8. The standard InChI is InChI=1S/C24H25N7O2/c1-14-28-19-11-21(22(33-3)12-20(19)29-14)30-23-7-9-26-24(31-23)25-8-6-15-13-27-18-5-4-16(32-2)10-17(15)18/h4-5,7,9-13,27H,6,8H2,1-3H3,(H,28,29)(H2,25,26,30,31). The molecule has 168 valence electrons. The van der Waals surface area contributed by atoms with Gasteiger partial charge in [-0.2, -0.15) is 4.98 Å². The van der Waals surface area contributed by atoms with Crippen molar-refractivity contribution in [3.8, 4) is 11.5 Å². The number of fused-ring (bicyclic) bond motifs is 2. The minimum absolute atomic E-state index is 0.551. The zero-order valence-corrected chi connectivity index (χ0v) is 18.7. The molecule has 5 rings (SSSR count). The topological polar surface area (TPSA) is 113 Å². The van der Waals surface area contributed by atoms with E-state index < -0.39 is 0 Å². The van der Waals surface area contributed by atoms with E-state index in [0.717, 1.165) is 45.6 Å². The van der Waals surface area contributed by atoms with Gasteiger partial charge in [0.2, 0.25) is 5.95 Å². The van der Waals surface area contributed by atoms with Gasteiger partial charge >= 0.3 is 0 Å². The molecule has 5 aromatic rings. The maximum atomic E-state index is 5.54. The van der Waals surface area contributed by atoms with Gasteiger partial charge in [0, 0.05) is 35.9 Å². The summed E-state index contributed by atoms with van der Waals surface area (Å²) in [6.07, 6.45) is 4.57. The number of hydrogen-bond donors (Lipinski definition) is 4. The van der Waals surface area contributed by atoms with Crippen molar-refractivity contribution in [3.05, 3.63) is 60.2 Å². The van der Waals surface area contributed by atoms with Crippen molar-refractivity contribution in [3.63, 3.8) is 0 Å². The molecule has 3 heterocycles. The van der Waals surface area contributed by atoms with Crippen LogP contribution >= 0.6 is 0 Å². The first-order valence-electron chi connectivity index (χ1n) is 10.7. The van der Waals surface area contributed by atoms with E-state index in [2.05, 4.69) is 35.6 Å². The lowest BCUT2D eigenvalue weighted by Crippen LogP contribution is -2.08. The molecule has 2 aromatic carbocycles. The average molecular weight is 444 g/mol. The second kappa shape index (κ2) is 8.70. The lowest BCUT2D eigenvalue weighted by Gasteiger charge is -2.12. The van der Waals surface area contributed by atoms with Gasteiger partial charge in [-0.15, -0.1) is 0 Å². The van der Waals surface area contributed by atoms with E-state index in [1.54, 1.807) is 20.4 Å². The number of methoxy groups -OCH3 is 2. The molecule has 33 heavy (non-hydrogen) atoms. The smallest absolute Gasteiger partial charge is 0.224 e. The molecule has 0 aliphatic rings. The Bertz CT molecular complexity index is 1420. The number of aromatic amines is 2. The number of aryl methyl sites for hydroxylation is 1. The van der Waals surface area contributed by atoms with Crippen LogP contribution < -0.4 is 20.1 Å². The van der Waals surface area contributed by atoms with E-state index in [9.17, 15) is 0 Å². The van der Waals surface area contributed by atoms with Crippen LogP contribution in [0.3, 0.4) is 0 Å². The Labute approximate surface area is 190 Å². The van der Waals surface area contributed by atoms with Gasteiger partial charge in [-0.3, -0.25) is 0 Å². The summed E-state index contributed by atoms with van der Waals surface area (Å²) in [6.45, 7) is 2.62. The molecule has 0 fully saturated rings. The van der Waals surface area contributed by atoms with Crippen LogP contribution in [0.1, 0.15) is 11.4 Å². The molecule has 0 saturated carbocycles. The highest BCUT2D eigenvalue weighted by atomic mass is 16.5. The van der Waals surface area contributed by atoms with Crippen molar-refractivity contribution >= 4 is 39.4 Å². The molecule has 0 amide bonds. The van der Waals surface area contributed by atoms with Crippen LogP contribution in [0.5, 0.6) is 11.5 Å². The maximum absolute atomic E-state index is 5.54. The molecule has 0 radical (unpaired) electrons. The molecule has 0 spiro atoms. The largest absolute Gasteiger partial charge is 0.497 e. The van der Waals surface area contributed by atoms with Gasteiger partial charge < -0.3 is 30.1 Å². The Balaban J connectivity index is 1.29. The lowest BCUT2D eigenvalue weighted by molar-refractivity contribution is 0.415. The van der Waals surface area contributed by atoms with E-state index in [0.29, 0.717) is 24.1 Å². The van der Waals surface area contributed by atoms with Crippen LogP contribution in [0.25, 0.3) is 21.9 Å². The average Bonchev–Trinajstić information content (AvgIpc) is 3.40. The predicted octanol–water partition coefficient (Wildman–Crippen LogP) is 4.56. The van der Waals surface area contributed by atoms with Gasteiger partial charge in [-0.05, 0) is 49.2 Å². The van der Waals surface area contributed by atoms with Crippen LogP contribution in [0, 0.1) is 6.92 Å². The molecule has 9 nitrogen and oxygen atoms in total. The lowest BCUT2D eigenvalue weighted by atomic mass is 10.1. The predicted molar refractivity (Wildman–Crippen MR) is 130 cm³/mol. The van der Waals surface area contributed by atoms with Crippen molar-refractivity contribution in [1.82, 2.24) is 24.9 Å². The first-order valence-corrected chi connectivity index (χ1v) is 10.7. The Morgan fingerprint density at radius 3 is 2.76 bits per heavy atom. The van der Waals surface area contributed by atoms with Crippen molar-refractivity contribution in [2.75, 3.05) is 31.4 Å². The zero-order valence-electron chi connectivity index (χ0n) is 18.7. The van der Waals surface area contributed by atoms with Gasteiger partial charge in [-0.1, -0.05) is 0 Å². The second-order valence-corrected chi connectivity index (χ2v) is 7.68. The van der Waals surface area contributed by atoms with Gasteiger partial charge in [-0.25, -0.2) is 9.97 Å². The number of anilines is 3. The second-order valence-electron chi connectivity index (χ2n) is 7.68. The third-order valence-corrected chi connectivity index (χ3v) is 5.49. The first kappa shape index (κ1) is 20.6. The molecule has 0 atom stereocenters. The fourth-order valence-corrected chi connectivity index (χ4v) is 3.88. The number of rotatable bonds is 8. The fourth-order valence-electron chi connectivity index (χ4n) is 3.88. The number of benzene rings is 2. The van der Waals surface area contributed by atoms with E-state index in [4.69, 9.17) is 9.47 Å². The van der Waals surface area contributed by atoms with Crippen molar-refractivity contribution < 1.29 is 9.47 Å². The summed E-state index contributed by atoms with van der Waals surface area (Å²) in [7, 11) is 3.32. The van der Waals surface area contributed by atoms with Crippen LogP contribution in [0.4, 0.5) is 17.5 Å². The molecule has 0 aliphatic carbocycles. The van der Waals surface area contributed by atoms with Gasteiger partial charge in [0.25, 0.3) is 0 Å². The molecule has 0 aliphatic heterocycles. The molecular formula is C24H25N7O2. The monoisotopic (exact) mass is 443 g/mol. The Morgan fingerprint density at radius 1 is 1.00 bits per heavy atom. The number of nitrogens with one attached hydrogen (secondary N) is 4. The van der Waals surface area contributed by atoms with E-state index in [-0.39, 0.29) is 0 Å². The highest BCUT2D eigenvalue weighted by Crippen LogP contribution is 2.31. The Hall–Kier alpha value is -4.27. The van der Waals surface area contributed by atoms with E-state index in [1.807, 2.05) is 49.5 Å². The highest BCUT2D eigenvalue weighted by molar-refractivity contribution is 5.85. The SMILES string of the molecule is COc1ccc2[nH]cc(CCNc3nccc(Nc4cc5[nH]c(C)nc5cc4OC)n3)c2c1. The van der Waals surface area contributed by atoms with Gasteiger partial charge in [0.15, 0.2) is 0 Å². The van der Waals surface area contributed by atoms with Gasteiger partial charge in [0.1, 0.15) is 23.1 Å². The number of ether oxygens (including phenoxy) is 2. The first-order chi connectivity index (χ1) is 16.1. The van der Waals surface area contributed by atoms with Crippen LogP contribution in [0.2, 0.25) is 0 Å². The molecule has 0 saturated heterocycles. The van der Waals surface area contributed by atoms with Crippen LogP contribution in [-0.2, 0) is 6.42 Å². The third kappa shape index (κ3) is 4.25. The molecule has 9 heteroatoms. The fraction of sp³-hybridized carbons (Fsp3) is 0.208. The number of aromatic nitrogens is 5. The Morgan fingerprint density at radius 2 is 1.91 bits per heavy atom. The molecule has 0 bridgehead atoms. The molecular weight excluding hydrogens is 418 g/mol. The van der Waals surface area contributed by atoms with Crippen LogP contribution in [0.15, 0.2) is 48.8 Å². The van der Waals surface area contributed by atoms with Crippen molar-refractivity contribution in [2.24, 2.45) is 0 Å². The summed E-state index contributed by atoms with van der Waals surface area (Å²) in [5.41, 5.74) is 4.88. The minimum Gasteiger partial charge on any atom is -0.497 e. The minimum atomic E-state index is 0.551.